The maximum atomic E-state index is 10.5. The zero-order valence-electron chi connectivity index (χ0n) is 10.4. The number of rotatable bonds is 6. The molecule has 0 aliphatic heterocycles. The Hall–Kier alpha value is -1.85. The highest BCUT2D eigenvalue weighted by Crippen LogP contribution is 2.14. The summed E-state index contributed by atoms with van der Waals surface area (Å²) >= 11 is 0. The molecule has 0 amide bonds. The summed E-state index contributed by atoms with van der Waals surface area (Å²) in [6, 6.07) is 1.76. The summed E-state index contributed by atoms with van der Waals surface area (Å²) in [4.78, 5) is 20.9. The van der Waals surface area contributed by atoms with Crippen molar-refractivity contribution in [2.45, 2.75) is 20.3 Å². The first kappa shape index (κ1) is 13.2. The van der Waals surface area contributed by atoms with Gasteiger partial charge < -0.3 is 15.3 Å². The van der Waals surface area contributed by atoms with Crippen LogP contribution in [0.4, 0.5) is 11.6 Å². The molecule has 0 saturated heterocycles. The molecule has 0 aliphatic carbocycles. The molecule has 0 aliphatic rings. The van der Waals surface area contributed by atoms with E-state index in [1.165, 1.54) is 0 Å². The zero-order valence-corrected chi connectivity index (χ0v) is 10.4. The summed E-state index contributed by atoms with van der Waals surface area (Å²) in [6.07, 6.45) is 1.03. The first-order valence-electron chi connectivity index (χ1n) is 5.55. The summed E-state index contributed by atoms with van der Waals surface area (Å²) in [7, 11) is 1.95. The highest BCUT2D eigenvalue weighted by Gasteiger charge is 2.06. The molecule has 1 aromatic heterocycles. The van der Waals surface area contributed by atoms with Gasteiger partial charge in [0, 0.05) is 19.7 Å². The Morgan fingerprint density at radius 3 is 2.82 bits per heavy atom. The van der Waals surface area contributed by atoms with Crippen LogP contribution in [0, 0.1) is 6.92 Å². The number of aliphatic carboxylic acids is 1. The fourth-order valence-electron chi connectivity index (χ4n) is 1.45. The quantitative estimate of drug-likeness (QED) is 0.773. The molecule has 0 aromatic carbocycles. The summed E-state index contributed by atoms with van der Waals surface area (Å²) in [6.45, 7) is 4.63. The lowest BCUT2D eigenvalue weighted by Gasteiger charge is -2.18. The molecule has 0 fully saturated rings. The first-order valence-corrected chi connectivity index (χ1v) is 5.55. The maximum absolute atomic E-state index is 10.5. The van der Waals surface area contributed by atoms with E-state index in [9.17, 15) is 4.79 Å². The van der Waals surface area contributed by atoms with Crippen LogP contribution in [0.3, 0.4) is 0 Å². The maximum Gasteiger partial charge on any atom is 0.322 e. The van der Waals surface area contributed by atoms with Crippen molar-refractivity contribution in [2.75, 3.05) is 30.4 Å². The second kappa shape index (κ2) is 6.03. The second-order valence-electron chi connectivity index (χ2n) is 3.83. The Kier molecular flexibility index (Phi) is 4.68. The Morgan fingerprint density at radius 1 is 1.53 bits per heavy atom. The van der Waals surface area contributed by atoms with E-state index in [4.69, 9.17) is 5.11 Å². The van der Waals surface area contributed by atoms with Gasteiger partial charge >= 0.3 is 5.97 Å². The summed E-state index contributed by atoms with van der Waals surface area (Å²) < 4.78 is 0. The molecular formula is C11H18N4O2. The van der Waals surface area contributed by atoms with Crippen LogP contribution >= 0.6 is 0 Å². The normalized spacial score (nSPS) is 10.1. The predicted molar refractivity (Wildman–Crippen MR) is 66.5 cm³/mol. The van der Waals surface area contributed by atoms with Gasteiger partial charge in [-0.05, 0) is 13.3 Å². The second-order valence-corrected chi connectivity index (χ2v) is 3.83. The third-order valence-electron chi connectivity index (χ3n) is 2.20. The number of nitrogens with zero attached hydrogens (tertiary/aromatic N) is 3. The summed E-state index contributed by atoms with van der Waals surface area (Å²) in [5, 5.41) is 11.3. The van der Waals surface area contributed by atoms with Crippen LogP contribution in [0.25, 0.3) is 0 Å². The molecule has 0 atom stereocenters. The van der Waals surface area contributed by atoms with Crippen molar-refractivity contribution in [2.24, 2.45) is 0 Å². The van der Waals surface area contributed by atoms with Gasteiger partial charge in [0.25, 0.3) is 0 Å². The smallest absolute Gasteiger partial charge is 0.322 e. The van der Waals surface area contributed by atoms with Crippen LogP contribution in [0.5, 0.6) is 0 Å². The minimum Gasteiger partial charge on any atom is -0.480 e. The Morgan fingerprint density at radius 2 is 2.24 bits per heavy atom. The summed E-state index contributed by atoms with van der Waals surface area (Å²) in [5.41, 5.74) is 0. The number of aryl methyl sites for hydroxylation is 1. The lowest BCUT2D eigenvalue weighted by atomic mass is 10.4. The van der Waals surface area contributed by atoms with Crippen molar-refractivity contribution in [1.82, 2.24) is 9.97 Å². The fourth-order valence-corrected chi connectivity index (χ4v) is 1.45. The highest BCUT2D eigenvalue weighted by atomic mass is 16.4. The van der Waals surface area contributed by atoms with Crippen molar-refractivity contribution >= 4 is 17.6 Å². The van der Waals surface area contributed by atoms with Crippen molar-refractivity contribution in [3.05, 3.63) is 11.9 Å². The van der Waals surface area contributed by atoms with Crippen molar-refractivity contribution < 1.29 is 9.90 Å². The van der Waals surface area contributed by atoms with E-state index in [1.54, 1.807) is 13.0 Å². The molecule has 94 valence electrons. The number of nitrogens with one attached hydrogen (secondary N) is 1. The van der Waals surface area contributed by atoms with Crippen LogP contribution in [0.1, 0.15) is 19.2 Å². The molecule has 0 saturated carbocycles. The number of carboxylic acids is 1. The number of carboxylic acid groups (broad SMARTS) is 1. The minimum atomic E-state index is -0.912. The van der Waals surface area contributed by atoms with E-state index in [-0.39, 0.29) is 6.54 Å². The average molecular weight is 238 g/mol. The zero-order chi connectivity index (χ0) is 12.8. The van der Waals surface area contributed by atoms with Gasteiger partial charge in [-0.1, -0.05) is 6.92 Å². The molecule has 17 heavy (non-hydrogen) atoms. The predicted octanol–water partition coefficient (Wildman–Crippen LogP) is 1.13. The molecule has 0 unspecified atom stereocenters. The van der Waals surface area contributed by atoms with Gasteiger partial charge in [0.05, 0.1) is 0 Å². The van der Waals surface area contributed by atoms with E-state index in [0.29, 0.717) is 11.6 Å². The van der Waals surface area contributed by atoms with Gasteiger partial charge in [-0.15, -0.1) is 0 Å². The molecular weight excluding hydrogens is 220 g/mol. The van der Waals surface area contributed by atoms with E-state index in [1.807, 2.05) is 11.9 Å². The Bertz CT molecular complexity index is 395. The van der Waals surface area contributed by atoms with Crippen molar-refractivity contribution in [3.63, 3.8) is 0 Å². The molecule has 0 spiro atoms. The van der Waals surface area contributed by atoms with E-state index < -0.39 is 5.97 Å². The third kappa shape index (κ3) is 4.26. The largest absolute Gasteiger partial charge is 0.480 e. The number of hydrogen-bond acceptors (Lipinski definition) is 5. The Balaban J connectivity index is 2.82. The lowest BCUT2D eigenvalue weighted by Crippen LogP contribution is -2.20. The van der Waals surface area contributed by atoms with E-state index in [2.05, 4.69) is 22.2 Å². The molecule has 2 N–H and O–H groups in total. The molecule has 1 rings (SSSR count). The van der Waals surface area contributed by atoms with Gasteiger partial charge in [-0.25, -0.2) is 9.97 Å². The van der Waals surface area contributed by atoms with Gasteiger partial charge in [0.15, 0.2) is 0 Å². The van der Waals surface area contributed by atoms with Gasteiger partial charge in [-0.3, -0.25) is 4.79 Å². The third-order valence-corrected chi connectivity index (χ3v) is 2.20. The van der Waals surface area contributed by atoms with E-state index in [0.717, 1.165) is 18.8 Å². The Labute approximate surface area is 101 Å². The van der Waals surface area contributed by atoms with E-state index >= 15 is 0 Å². The van der Waals surface area contributed by atoms with Crippen LogP contribution in [-0.2, 0) is 4.79 Å². The van der Waals surface area contributed by atoms with Gasteiger partial charge in [0.2, 0.25) is 0 Å². The molecule has 1 heterocycles. The van der Waals surface area contributed by atoms with Crippen LogP contribution in [0.15, 0.2) is 6.07 Å². The summed E-state index contributed by atoms with van der Waals surface area (Å²) in [5.74, 6) is 1.05. The van der Waals surface area contributed by atoms with Crippen LogP contribution < -0.4 is 10.2 Å². The molecule has 6 heteroatoms. The van der Waals surface area contributed by atoms with Crippen LogP contribution in [0.2, 0.25) is 0 Å². The molecule has 1 aromatic rings. The number of aromatic nitrogens is 2. The standard InChI is InChI=1S/C11H18N4O2/c1-4-5-15(3)10-6-9(12-7-11(16)17)13-8(2)14-10/h6H,4-5,7H2,1-3H3,(H,16,17)(H,12,13,14). The average Bonchev–Trinajstić information content (AvgIpc) is 2.26. The van der Waals surface area contributed by atoms with Crippen LogP contribution in [-0.4, -0.2) is 41.2 Å². The first-order chi connectivity index (χ1) is 8.02. The van der Waals surface area contributed by atoms with Crippen molar-refractivity contribution in [3.8, 4) is 0 Å². The fraction of sp³-hybridized carbons (Fsp3) is 0.545. The number of hydrogen-bond donors (Lipinski definition) is 2. The minimum absolute atomic E-state index is 0.145. The van der Waals surface area contributed by atoms with Crippen molar-refractivity contribution in [1.29, 1.82) is 0 Å². The van der Waals surface area contributed by atoms with Gasteiger partial charge in [-0.2, -0.15) is 0 Å². The molecule has 0 bridgehead atoms. The van der Waals surface area contributed by atoms with Gasteiger partial charge in [0.1, 0.15) is 24.0 Å². The lowest BCUT2D eigenvalue weighted by molar-refractivity contribution is -0.134. The number of carbonyl (C=O) groups is 1. The SMILES string of the molecule is CCCN(C)c1cc(NCC(=O)O)nc(C)n1. The molecule has 0 radical (unpaired) electrons. The monoisotopic (exact) mass is 238 g/mol. The number of anilines is 2. The topological polar surface area (TPSA) is 78.4 Å². The molecule has 6 nitrogen and oxygen atoms in total. The highest BCUT2D eigenvalue weighted by molar-refractivity contribution is 5.72.